The molecule has 0 saturated heterocycles. The van der Waals surface area contributed by atoms with Crippen LogP contribution in [-0.2, 0) is 24.2 Å². The molecule has 1 aromatic heterocycles. The monoisotopic (exact) mass is 287 g/mol. The maximum Gasteiger partial charge on any atom is 0.237 e. The first-order valence-corrected chi connectivity index (χ1v) is 7.67. The zero-order valence-corrected chi connectivity index (χ0v) is 12.0. The maximum absolute atomic E-state index is 12.1. The summed E-state index contributed by atoms with van der Waals surface area (Å²) in [5.74, 6) is 0.0797. The Bertz CT molecular complexity index is 583. The van der Waals surface area contributed by atoms with E-state index in [1.807, 2.05) is 17.5 Å². The van der Waals surface area contributed by atoms with E-state index in [0.29, 0.717) is 6.54 Å². The average Bonchev–Trinajstić information content (AvgIpc) is 3.00. The van der Waals surface area contributed by atoms with Crippen LogP contribution < -0.4 is 10.6 Å². The van der Waals surface area contributed by atoms with Gasteiger partial charge in [-0.2, -0.15) is 0 Å². The van der Waals surface area contributed by atoms with Crippen LogP contribution in [0.1, 0.15) is 16.1 Å². The van der Waals surface area contributed by atoms with Gasteiger partial charge in [-0.25, -0.2) is 4.98 Å². The molecule has 0 radical (unpaired) electrons. The minimum Gasteiger partial charge on any atom is -0.354 e. The second kappa shape index (κ2) is 6.15. The molecule has 3 rings (SSSR count). The fourth-order valence-electron chi connectivity index (χ4n) is 2.43. The van der Waals surface area contributed by atoms with E-state index in [1.165, 1.54) is 11.1 Å². The highest BCUT2D eigenvalue weighted by Gasteiger charge is 2.23. The average molecular weight is 287 g/mol. The van der Waals surface area contributed by atoms with E-state index in [2.05, 4.69) is 27.8 Å². The molecular weight excluding hydrogens is 270 g/mol. The summed E-state index contributed by atoms with van der Waals surface area (Å²) in [6, 6.07) is 8.16. The fraction of sp³-hybridized carbons (Fsp3) is 0.333. The summed E-state index contributed by atoms with van der Waals surface area (Å²) in [4.78, 5) is 16.4. The number of benzene rings is 1. The predicted octanol–water partition coefficient (Wildman–Crippen LogP) is 1.52. The molecule has 0 saturated carbocycles. The Morgan fingerprint density at radius 2 is 2.25 bits per heavy atom. The molecule has 2 aromatic rings. The lowest BCUT2D eigenvalue weighted by molar-refractivity contribution is -0.123. The third-order valence-corrected chi connectivity index (χ3v) is 4.36. The number of hydrogen-bond acceptors (Lipinski definition) is 4. The Hall–Kier alpha value is -1.72. The molecule has 0 fully saturated rings. The molecular formula is C15H17N3OS. The smallest absolute Gasteiger partial charge is 0.237 e. The second-order valence-corrected chi connectivity index (χ2v) is 5.85. The van der Waals surface area contributed by atoms with E-state index >= 15 is 0 Å². The Labute approximate surface area is 122 Å². The SMILES string of the molecule is O=C(NCCc1nccs1)[C@@H]1Cc2ccccc2CN1. The van der Waals surface area contributed by atoms with Crippen molar-refractivity contribution in [2.75, 3.05) is 6.54 Å². The number of hydrogen-bond donors (Lipinski definition) is 2. The van der Waals surface area contributed by atoms with Gasteiger partial charge in [-0.1, -0.05) is 24.3 Å². The van der Waals surface area contributed by atoms with Gasteiger partial charge in [-0.3, -0.25) is 4.79 Å². The van der Waals surface area contributed by atoms with Crippen LogP contribution in [0.3, 0.4) is 0 Å². The lowest BCUT2D eigenvalue weighted by Crippen LogP contribution is -2.48. The standard InChI is InChI=1S/C15H17N3OS/c19-15(17-6-5-14-16-7-8-20-14)13-9-11-3-1-2-4-12(11)10-18-13/h1-4,7-8,13,18H,5-6,9-10H2,(H,17,19)/t13-/m0/s1. The van der Waals surface area contributed by atoms with Gasteiger partial charge in [0.1, 0.15) is 0 Å². The summed E-state index contributed by atoms with van der Waals surface area (Å²) in [7, 11) is 0. The van der Waals surface area contributed by atoms with Gasteiger partial charge in [0.2, 0.25) is 5.91 Å². The molecule has 0 spiro atoms. The van der Waals surface area contributed by atoms with Crippen LogP contribution in [0.2, 0.25) is 0 Å². The summed E-state index contributed by atoms with van der Waals surface area (Å²) in [5, 5.41) is 9.30. The zero-order valence-electron chi connectivity index (χ0n) is 11.1. The third-order valence-electron chi connectivity index (χ3n) is 3.52. The van der Waals surface area contributed by atoms with E-state index in [4.69, 9.17) is 0 Å². The van der Waals surface area contributed by atoms with Gasteiger partial charge in [-0.05, 0) is 17.5 Å². The van der Waals surface area contributed by atoms with Crippen LogP contribution in [0.25, 0.3) is 0 Å². The van der Waals surface area contributed by atoms with Crippen molar-refractivity contribution in [1.29, 1.82) is 0 Å². The van der Waals surface area contributed by atoms with Gasteiger partial charge in [-0.15, -0.1) is 11.3 Å². The molecule has 20 heavy (non-hydrogen) atoms. The van der Waals surface area contributed by atoms with Gasteiger partial charge in [0.05, 0.1) is 11.0 Å². The fourth-order valence-corrected chi connectivity index (χ4v) is 3.05. The molecule has 1 amide bonds. The first-order valence-electron chi connectivity index (χ1n) is 6.79. The highest BCUT2D eigenvalue weighted by molar-refractivity contribution is 7.09. The van der Waals surface area contributed by atoms with E-state index in [1.54, 1.807) is 17.5 Å². The van der Waals surface area contributed by atoms with E-state index in [-0.39, 0.29) is 11.9 Å². The number of nitrogens with zero attached hydrogens (tertiary/aromatic N) is 1. The van der Waals surface area contributed by atoms with Crippen molar-refractivity contribution in [3.63, 3.8) is 0 Å². The van der Waals surface area contributed by atoms with Crippen LogP contribution in [0, 0.1) is 0 Å². The number of carbonyl (C=O) groups is 1. The Morgan fingerprint density at radius 3 is 3.05 bits per heavy atom. The van der Waals surface area contributed by atoms with Crippen molar-refractivity contribution >= 4 is 17.2 Å². The Kier molecular flexibility index (Phi) is 4.08. The number of amides is 1. The van der Waals surface area contributed by atoms with Gasteiger partial charge in [0.15, 0.2) is 0 Å². The zero-order chi connectivity index (χ0) is 13.8. The molecule has 1 aliphatic rings. The van der Waals surface area contributed by atoms with Crippen LogP contribution in [-0.4, -0.2) is 23.5 Å². The molecule has 1 atom stereocenters. The van der Waals surface area contributed by atoms with Gasteiger partial charge in [0, 0.05) is 31.1 Å². The van der Waals surface area contributed by atoms with Crippen molar-refractivity contribution in [3.05, 3.63) is 52.0 Å². The predicted molar refractivity (Wildman–Crippen MR) is 79.6 cm³/mol. The number of nitrogens with one attached hydrogen (secondary N) is 2. The normalized spacial score (nSPS) is 17.5. The number of carbonyl (C=O) groups excluding carboxylic acids is 1. The van der Waals surface area contributed by atoms with E-state index < -0.39 is 0 Å². The molecule has 0 aliphatic carbocycles. The van der Waals surface area contributed by atoms with Crippen LogP contribution in [0.4, 0.5) is 0 Å². The summed E-state index contributed by atoms with van der Waals surface area (Å²) >= 11 is 1.62. The highest BCUT2D eigenvalue weighted by Crippen LogP contribution is 2.16. The lowest BCUT2D eigenvalue weighted by Gasteiger charge is -2.25. The summed E-state index contributed by atoms with van der Waals surface area (Å²) < 4.78 is 0. The minimum absolute atomic E-state index is 0.0797. The van der Waals surface area contributed by atoms with Crippen LogP contribution >= 0.6 is 11.3 Å². The maximum atomic E-state index is 12.1. The molecule has 1 aliphatic heterocycles. The molecule has 2 N–H and O–H groups in total. The lowest BCUT2D eigenvalue weighted by atomic mass is 9.95. The molecule has 4 nitrogen and oxygen atoms in total. The largest absolute Gasteiger partial charge is 0.354 e. The third kappa shape index (κ3) is 3.05. The van der Waals surface area contributed by atoms with Gasteiger partial charge in [0.25, 0.3) is 0 Å². The molecule has 5 heteroatoms. The summed E-state index contributed by atoms with van der Waals surface area (Å²) in [5.41, 5.74) is 2.56. The van der Waals surface area contributed by atoms with Crippen molar-refractivity contribution in [2.45, 2.75) is 25.4 Å². The molecule has 0 unspecified atom stereocenters. The number of thiazole rings is 1. The Morgan fingerprint density at radius 1 is 1.40 bits per heavy atom. The molecule has 2 heterocycles. The summed E-state index contributed by atoms with van der Waals surface area (Å²) in [6.07, 6.45) is 3.35. The van der Waals surface area contributed by atoms with Crippen molar-refractivity contribution in [3.8, 4) is 0 Å². The number of aromatic nitrogens is 1. The molecule has 1 aromatic carbocycles. The first-order chi connectivity index (χ1) is 9.83. The van der Waals surface area contributed by atoms with Crippen molar-refractivity contribution in [2.24, 2.45) is 0 Å². The molecule has 0 bridgehead atoms. The summed E-state index contributed by atoms with van der Waals surface area (Å²) in [6.45, 7) is 1.41. The highest BCUT2D eigenvalue weighted by atomic mass is 32.1. The quantitative estimate of drug-likeness (QED) is 0.896. The second-order valence-electron chi connectivity index (χ2n) is 4.87. The van der Waals surface area contributed by atoms with Crippen molar-refractivity contribution in [1.82, 2.24) is 15.6 Å². The van der Waals surface area contributed by atoms with Gasteiger partial charge < -0.3 is 10.6 Å². The first kappa shape index (κ1) is 13.3. The van der Waals surface area contributed by atoms with E-state index in [9.17, 15) is 4.79 Å². The van der Waals surface area contributed by atoms with Gasteiger partial charge >= 0.3 is 0 Å². The van der Waals surface area contributed by atoms with Crippen LogP contribution in [0.15, 0.2) is 35.8 Å². The number of fused-ring (bicyclic) bond motifs is 1. The molecule has 104 valence electrons. The topological polar surface area (TPSA) is 54.0 Å². The number of rotatable bonds is 4. The minimum atomic E-state index is -0.124. The van der Waals surface area contributed by atoms with Crippen LogP contribution in [0.5, 0.6) is 0 Å². The van der Waals surface area contributed by atoms with Crippen molar-refractivity contribution < 1.29 is 4.79 Å². The Balaban J connectivity index is 1.51. The van der Waals surface area contributed by atoms with E-state index in [0.717, 1.165) is 24.4 Å².